The summed E-state index contributed by atoms with van der Waals surface area (Å²) >= 11 is 0. The van der Waals surface area contributed by atoms with Crippen LogP contribution in [0.5, 0.6) is 0 Å². The SMILES string of the molecule is CC(C)(C)C1CC(Cn2nccc(-c3ccccc3)c2=O)CCN1C(=O)O. The van der Waals surface area contributed by atoms with E-state index in [0.29, 0.717) is 18.7 Å². The second-order valence-electron chi connectivity index (χ2n) is 8.35. The van der Waals surface area contributed by atoms with Gasteiger partial charge < -0.3 is 10.0 Å². The second kappa shape index (κ2) is 7.55. The van der Waals surface area contributed by atoms with Crippen molar-refractivity contribution in [2.45, 2.75) is 46.2 Å². The van der Waals surface area contributed by atoms with Crippen molar-refractivity contribution in [2.24, 2.45) is 11.3 Å². The summed E-state index contributed by atoms with van der Waals surface area (Å²) in [7, 11) is 0. The maximum absolute atomic E-state index is 12.9. The molecule has 2 aromatic rings. The lowest BCUT2D eigenvalue weighted by Gasteiger charge is -2.44. The van der Waals surface area contributed by atoms with Crippen molar-refractivity contribution < 1.29 is 9.90 Å². The first-order chi connectivity index (χ1) is 12.8. The molecule has 1 aromatic carbocycles. The zero-order chi connectivity index (χ0) is 19.6. The van der Waals surface area contributed by atoms with Crippen LogP contribution in [0.25, 0.3) is 11.1 Å². The van der Waals surface area contributed by atoms with E-state index in [1.54, 1.807) is 17.2 Å². The van der Waals surface area contributed by atoms with E-state index in [2.05, 4.69) is 25.9 Å². The van der Waals surface area contributed by atoms with Crippen LogP contribution < -0.4 is 5.56 Å². The van der Waals surface area contributed by atoms with Gasteiger partial charge in [0.15, 0.2) is 0 Å². The molecule has 2 atom stereocenters. The van der Waals surface area contributed by atoms with Crippen molar-refractivity contribution >= 4 is 6.09 Å². The van der Waals surface area contributed by atoms with E-state index in [1.807, 2.05) is 30.3 Å². The molecule has 0 radical (unpaired) electrons. The number of rotatable bonds is 3. The van der Waals surface area contributed by atoms with Crippen LogP contribution in [0.15, 0.2) is 47.4 Å². The number of aromatic nitrogens is 2. The number of benzene rings is 1. The second-order valence-corrected chi connectivity index (χ2v) is 8.35. The molecule has 1 aliphatic rings. The Morgan fingerprint density at radius 3 is 2.56 bits per heavy atom. The Hall–Kier alpha value is -2.63. The van der Waals surface area contributed by atoms with Gasteiger partial charge in [-0.05, 0) is 35.8 Å². The average molecular weight is 369 g/mol. The molecule has 1 N–H and O–H groups in total. The van der Waals surface area contributed by atoms with Gasteiger partial charge in [-0.25, -0.2) is 9.48 Å². The van der Waals surface area contributed by atoms with Crippen LogP contribution in [-0.4, -0.2) is 38.5 Å². The van der Waals surface area contributed by atoms with Crippen molar-refractivity contribution in [3.8, 4) is 11.1 Å². The third kappa shape index (κ3) is 4.21. The highest BCUT2D eigenvalue weighted by atomic mass is 16.4. The highest BCUT2D eigenvalue weighted by Gasteiger charge is 2.38. The maximum Gasteiger partial charge on any atom is 0.407 e. The number of likely N-dealkylation sites (tertiary alicyclic amines) is 1. The van der Waals surface area contributed by atoms with Crippen LogP contribution >= 0.6 is 0 Å². The average Bonchev–Trinajstić information content (AvgIpc) is 2.63. The van der Waals surface area contributed by atoms with Gasteiger partial charge in [0.1, 0.15) is 0 Å². The van der Waals surface area contributed by atoms with Crippen LogP contribution in [0.4, 0.5) is 4.79 Å². The van der Waals surface area contributed by atoms with Gasteiger partial charge in [-0.3, -0.25) is 4.79 Å². The van der Waals surface area contributed by atoms with E-state index < -0.39 is 6.09 Å². The van der Waals surface area contributed by atoms with E-state index in [9.17, 15) is 14.7 Å². The highest BCUT2D eigenvalue weighted by Crippen LogP contribution is 2.35. The minimum atomic E-state index is -0.866. The largest absolute Gasteiger partial charge is 0.465 e. The van der Waals surface area contributed by atoms with Gasteiger partial charge in [0.25, 0.3) is 5.56 Å². The van der Waals surface area contributed by atoms with Gasteiger partial charge >= 0.3 is 6.09 Å². The van der Waals surface area contributed by atoms with Crippen molar-refractivity contribution in [1.29, 1.82) is 0 Å². The van der Waals surface area contributed by atoms with Crippen molar-refractivity contribution in [3.63, 3.8) is 0 Å². The monoisotopic (exact) mass is 369 g/mol. The smallest absolute Gasteiger partial charge is 0.407 e. The zero-order valence-corrected chi connectivity index (χ0v) is 16.1. The van der Waals surface area contributed by atoms with Gasteiger partial charge in [-0.2, -0.15) is 5.10 Å². The van der Waals surface area contributed by atoms with Crippen molar-refractivity contribution in [1.82, 2.24) is 14.7 Å². The summed E-state index contributed by atoms with van der Waals surface area (Å²) in [5.41, 5.74) is 1.27. The minimum absolute atomic E-state index is 0.0678. The quantitative estimate of drug-likeness (QED) is 0.895. The van der Waals surface area contributed by atoms with Gasteiger partial charge in [-0.15, -0.1) is 0 Å². The third-order valence-corrected chi connectivity index (χ3v) is 5.38. The van der Waals surface area contributed by atoms with Crippen LogP contribution in [0.1, 0.15) is 33.6 Å². The fourth-order valence-corrected chi connectivity index (χ4v) is 3.92. The van der Waals surface area contributed by atoms with Gasteiger partial charge in [-0.1, -0.05) is 51.1 Å². The fourth-order valence-electron chi connectivity index (χ4n) is 3.92. The standard InChI is InChI=1S/C21H27N3O3/c1-21(2,3)18-13-15(10-12-23(18)20(26)27)14-24-19(25)17(9-11-22-24)16-7-5-4-6-8-16/h4-9,11,15,18H,10,12-14H2,1-3H3,(H,26,27). The predicted molar refractivity (Wildman–Crippen MR) is 105 cm³/mol. The number of hydrogen-bond donors (Lipinski definition) is 1. The van der Waals surface area contributed by atoms with E-state index in [1.165, 1.54) is 4.68 Å². The Morgan fingerprint density at radius 2 is 1.93 bits per heavy atom. The lowest BCUT2D eigenvalue weighted by Crippen LogP contribution is -2.52. The number of hydrogen-bond acceptors (Lipinski definition) is 3. The molecule has 144 valence electrons. The number of carboxylic acid groups (broad SMARTS) is 1. The first kappa shape index (κ1) is 19.1. The normalized spacial score (nSPS) is 20.5. The molecule has 0 aliphatic carbocycles. The van der Waals surface area contributed by atoms with Crippen LogP contribution in [-0.2, 0) is 6.54 Å². The molecular formula is C21H27N3O3. The summed E-state index contributed by atoms with van der Waals surface area (Å²) in [6.45, 7) is 7.21. The Bertz CT molecular complexity index is 855. The molecular weight excluding hydrogens is 342 g/mol. The molecule has 1 fully saturated rings. The summed E-state index contributed by atoms with van der Waals surface area (Å²) in [5, 5.41) is 13.8. The molecule has 1 saturated heterocycles. The van der Waals surface area contributed by atoms with E-state index in [0.717, 1.165) is 18.4 Å². The number of nitrogens with zero attached hydrogens (tertiary/aromatic N) is 3. The van der Waals surface area contributed by atoms with Crippen LogP contribution in [0, 0.1) is 11.3 Å². The van der Waals surface area contributed by atoms with Crippen LogP contribution in [0.2, 0.25) is 0 Å². The molecule has 1 amide bonds. The Morgan fingerprint density at radius 1 is 1.22 bits per heavy atom. The summed E-state index contributed by atoms with van der Waals surface area (Å²) < 4.78 is 1.53. The molecule has 2 heterocycles. The summed E-state index contributed by atoms with van der Waals surface area (Å²) in [6.07, 6.45) is 2.27. The van der Waals surface area contributed by atoms with Gasteiger partial charge in [0.2, 0.25) is 0 Å². The predicted octanol–water partition coefficient (Wildman–Crippen LogP) is 3.72. The molecule has 1 aromatic heterocycles. The molecule has 3 rings (SSSR count). The molecule has 1 aliphatic heterocycles. The fraction of sp³-hybridized carbons (Fsp3) is 0.476. The number of carbonyl (C=O) groups is 1. The molecule has 0 saturated carbocycles. The van der Waals surface area contributed by atoms with Gasteiger partial charge in [0, 0.05) is 25.3 Å². The van der Waals surface area contributed by atoms with Crippen molar-refractivity contribution in [3.05, 3.63) is 52.9 Å². The zero-order valence-electron chi connectivity index (χ0n) is 16.1. The van der Waals surface area contributed by atoms with E-state index >= 15 is 0 Å². The summed E-state index contributed by atoms with van der Waals surface area (Å²) in [6, 6.07) is 11.3. The van der Waals surface area contributed by atoms with E-state index in [4.69, 9.17) is 0 Å². The summed E-state index contributed by atoms with van der Waals surface area (Å²) in [4.78, 5) is 26.0. The van der Waals surface area contributed by atoms with Crippen LogP contribution in [0.3, 0.4) is 0 Å². The lowest BCUT2D eigenvalue weighted by atomic mass is 9.77. The topological polar surface area (TPSA) is 75.4 Å². The highest BCUT2D eigenvalue weighted by molar-refractivity contribution is 5.65. The maximum atomic E-state index is 12.9. The molecule has 6 nitrogen and oxygen atoms in total. The minimum Gasteiger partial charge on any atom is -0.465 e. The molecule has 0 bridgehead atoms. The molecule has 27 heavy (non-hydrogen) atoms. The number of piperidine rings is 1. The first-order valence-electron chi connectivity index (χ1n) is 9.38. The molecule has 2 unspecified atom stereocenters. The Labute approximate surface area is 159 Å². The molecule has 0 spiro atoms. The first-order valence-corrected chi connectivity index (χ1v) is 9.38. The lowest BCUT2D eigenvalue weighted by molar-refractivity contribution is 0.0364. The Balaban J connectivity index is 1.82. The number of amides is 1. The van der Waals surface area contributed by atoms with Gasteiger partial charge in [0.05, 0.1) is 5.56 Å². The van der Waals surface area contributed by atoms with E-state index in [-0.39, 0.29) is 22.9 Å². The third-order valence-electron chi connectivity index (χ3n) is 5.38. The Kier molecular flexibility index (Phi) is 5.35. The molecule has 6 heteroatoms. The summed E-state index contributed by atoms with van der Waals surface area (Å²) in [5.74, 6) is 0.223. The van der Waals surface area contributed by atoms with Crippen molar-refractivity contribution in [2.75, 3.05) is 6.54 Å².